The van der Waals surface area contributed by atoms with Gasteiger partial charge in [-0.1, -0.05) is 0 Å². The molecule has 0 radical (unpaired) electrons. The number of hydrogen-bond donors (Lipinski definition) is 1. The molecule has 2 heterocycles. The number of carbonyl (C=O) groups excluding carboxylic acids is 1. The molecule has 0 saturated carbocycles. The van der Waals surface area contributed by atoms with Gasteiger partial charge < -0.3 is 19.7 Å². The highest BCUT2D eigenvalue weighted by molar-refractivity contribution is 5.68. The standard InChI is InChI=1S/C17H32N2O3/c1-12-10-15(11-13(2)21-12)18-14-6-8-19(9-7-14)16(20)22-17(3,4)5/h12-15,18H,6-11H2,1-5H3. The van der Waals surface area contributed by atoms with E-state index in [1.807, 2.05) is 25.7 Å². The van der Waals surface area contributed by atoms with Gasteiger partial charge in [0.25, 0.3) is 0 Å². The number of amides is 1. The number of nitrogens with zero attached hydrogens (tertiary/aromatic N) is 1. The summed E-state index contributed by atoms with van der Waals surface area (Å²) in [5.74, 6) is 0. The highest BCUT2D eigenvalue weighted by Gasteiger charge is 2.30. The first-order chi connectivity index (χ1) is 10.2. The Bertz CT molecular complexity index is 363. The van der Waals surface area contributed by atoms with Crippen molar-refractivity contribution in [3.05, 3.63) is 0 Å². The molecule has 0 aromatic heterocycles. The maximum atomic E-state index is 12.1. The Labute approximate surface area is 134 Å². The fourth-order valence-electron chi connectivity index (χ4n) is 3.43. The van der Waals surface area contributed by atoms with Crippen molar-refractivity contribution in [2.24, 2.45) is 0 Å². The minimum absolute atomic E-state index is 0.181. The van der Waals surface area contributed by atoms with Crippen LogP contribution in [-0.4, -0.2) is 54.0 Å². The molecule has 2 rings (SSSR count). The van der Waals surface area contributed by atoms with Gasteiger partial charge in [-0.2, -0.15) is 0 Å². The quantitative estimate of drug-likeness (QED) is 0.852. The average Bonchev–Trinajstić information content (AvgIpc) is 2.36. The van der Waals surface area contributed by atoms with Gasteiger partial charge >= 0.3 is 6.09 Å². The first-order valence-corrected chi connectivity index (χ1v) is 8.62. The molecule has 0 aromatic carbocycles. The second-order valence-corrected chi connectivity index (χ2v) is 7.83. The number of ether oxygens (including phenoxy) is 2. The molecule has 1 amide bonds. The lowest BCUT2D eigenvalue weighted by Gasteiger charge is -2.38. The van der Waals surface area contributed by atoms with Gasteiger partial charge in [-0.3, -0.25) is 0 Å². The molecular formula is C17H32N2O3. The van der Waals surface area contributed by atoms with E-state index in [0.717, 1.165) is 38.8 Å². The SMILES string of the molecule is CC1CC(NC2CCN(C(=O)OC(C)(C)C)CC2)CC(C)O1. The zero-order chi connectivity index (χ0) is 16.3. The summed E-state index contributed by atoms with van der Waals surface area (Å²) in [6.07, 6.45) is 4.65. The third-order valence-electron chi connectivity index (χ3n) is 4.32. The van der Waals surface area contributed by atoms with E-state index in [1.54, 1.807) is 0 Å². The van der Waals surface area contributed by atoms with Crippen molar-refractivity contribution in [2.75, 3.05) is 13.1 Å². The molecule has 2 atom stereocenters. The van der Waals surface area contributed by atoms with E-state index in [2.05, 4.69) is 19.2 Å². The summed E-state index contributed by atoms with van der Waals surface area (Å²) >= 11 is 0. The molecule has 2 unspecified atom stereocenters. The van der Waals surface area contributed by atoms with Crippen molar-refractivity contribution in [1.82, 2.24) is 10.2 Å². The maximum Gasteiger partial charge on any atom is 0.410 e. The molecule has 0 bridgehead atoms. The van der Waals surface area contributed by atoms with Crippen LogP contribution in [0.1, 0.15) is 60.3 Å². The largest absolute Gasteiger partial charge is 0.444 e. The molecule has 0 aromatic rings. The third-order valence-corrected chi connectivity index (χ3v) is 4.32. The Kier molecular flexibility index (Phi) is 5.72. The Morgan fingerprint density at radius 2 is 1.64 bits per heavy atom. The van der Waals surface area contributed by atoms with Gasteiger partial charge in [-0.25, -0.2) is 4.79 Å². The summed E-state index contributed by atoms with van der Waals surface area (Å²) in [4.78, 5) is 13.9. The van der Waals surface area contributed by atoms with Crippen molar-refractivity contribution in [2.45, 2.75) is 90.2 Å². The van der Waals surface area contributed by atoms with Crippen molar-refractivity contribution >= 4 is 6.09 Å². The van der Waals surface area contributed by atoms with Crippen LogP contribution in [0, 0.1) is 0 Å². The van der Waals surface area contributed by atoms with Crippen LogP contribution in [0.15, 0.2) is 0 Å². The van der Waals surface area contributed by atoms with Crippen LogP contribution in [-0.2, 0) is 9.47 Å². The summed E-state index contributed by atoms with van der Waals surface area (Å²) in [6.45, 7) is 11.6. The lowest BCUT2D eigenvalue weighted by molar-refractivity contribution is -0.0446. The molecular weight excluding hydrogens is 280 g/mol. The van der Waals surface area contributed by atoms with Gasteiger partial charge in [0.2, 0.25) is 0 Å². The smallest absolute Gasteiger partial charge is 0.410 e. The monoisotopic (exact) mass is 312 g/mol. The van der Waals surface area contributed by atoms with E-state index in [-0.39, 0.29) is 6.09 Å². The van der Waals surface area contributed by atoms with E-state index < -0.39 is 5.60 Å². The summed E-state index contributed by atoms with van der Waals surface area (Å²) in [5, 5.41) is 3.77. The van der Waals surface area contributed by atoms with Gasteiger partial charge in [0.15, 0.2) is 0 Å². The minimum Gasteiger partial charge on any atom is -0.444 e. The fraction of sp³-hybridized carbons (Fsp3) is 0.941. The molecule has 22 heavy (non-hydrogen) atoms. The van der Waals surface area contributed by atoms with E-state index in [4.69, 9.17) is 9.47 Å². The van der Waals surface area contributed by atoms with E-state index in [9.17, 15) is 4.79 Å². The third kappa shape index (κ3) is 5.43. The Hall–Kier alpha value is -0.810. The first kappa shape index (κ1) is 17.5. The van der Waals surface area contributed by atoms with Gasteiger partial charge in [0.05, 0.1) is 12.2 Å². The number of rotatable bonds is 2. The Morgan fingerprint density at radius 1 is 1.09 bits per heavy atom. The Balaban J connectivity index is 1.74. The van der Waals surface area contributed by atoms with Crippen molar-refractivity contribution in [1.29, 1.82) is 0 Å². The van der Waals surface area contributed by atoms with Crippen LogP contribution in [0.25, 0.3) is 0 Å². The summed E-state index contributed by atoms with van der Waals surface area (Å²) in [6, 6.07) is 1.04. The predicted molar refractivity (Wildman–Crippen MR) is 87.0 cm³/mol. The van der Waals surface area contributed by atoms with Gasteiger partial charge in [0.1, 0.15) is 5.60 Å². The number of likely N-dealkylation sites (tertiary alicyclic amines) is 1. The predicted octanol–water partition coefficient (Wildman–Crippen LogP) is 2.93. The zero-order valence-electron chi connectivity index (χ0n) is 14.7. The van der Waals surface area contributed by atoms with Crippen LogP contribution in [0.3, 0.4) is 0 Å². The Morgan fingerprint density at radius 3 is 2.14 bits per heavy atom. The van der Waals surface area contributed by atoms with E-state index in [0.29, 0.717) is 24.3 Å². The molecule has 5 heteroatoms. The first-order valence-electron chi connectivity index (χ1n) is 8.62. The van der Waals surface area contributed by atoms with Crippen LogP contribution < -0.4 is 5.32 Å². The van der Waals surface area contributed by atoms with Gasteiger partial charge in [-0.05, 0) is 60.3 Å². The molecule has 2 aliphatic rings. The number of carbonyl (C=O) groups is 1. The van der Waals surface area contributed by atoms with Gasteiger partial charge in [-0.15, -0.1) is 0 Å². The van der Waals surface area contributed by atoms with E-state index >= 15 is 0 Å². The molecule has 0 aliphatic carbocycles. The van der Waals surface area contributed by atoms with Crippen molar-refractivity contribution in [3.63, 3.8) is 0 Å². The zero-order valence-corrected chi connectivity index (χ0v) is 14.7. The number of piperidine rings is 1. The van der Waals surface area contributed by atoms with Gasteiger partial charge in [0, 0.05) is 25.2 Å². The molecule has 0 spiro atoms. The highest BCUT2D eigenvalue weighted by Crippen LogP contribution is 2.22. The summed E-state index contributed by atoms with van der Waals surface area (Å²) < 4.78 is 11.2. The topological polar surface area (TPSA) is 50.8 Å². The molecule has 128 valence electrons. The molecule has 2 saturated heterocycles. The summed E-state index contributed by atoms with van der Waals surface area (Å²) in [7, 11) is 0. The lowest BCUT2D eigenvalue weighted by atomic mass is 9.96. The number of nitrogens with one attached hydrogen (secondary N) is 1. The minimum atomic E-state index is -0.416. The second-order valence-electron chi connectivity index (χ2n) is 7.83. The van der Waals surface area contributed by atoms with Crippen LogP contribution in [0.4, 0.5) is 4.79 Å². The molecule has 5 nitrogen and oxygen atoms in total. The fourth-order valence-corrected chi connectivity index (χ4v) is 3.43. The maximum absolute atomic E-state index is 12.1. The van der Waals surface area contributed by atoms with Crippen LogP contribution >= 0.6 is 0 Å². The summed E-state index contributed by atoms with van der Waals surface area (Å²) in [5.41, 5.74) is -0.416. The normalized spacial score (nSPS) is 31.1. The van der Waals surface area contributed by atoms with E-state index in [1.165, 1.54) is 0 Å². The number of hydrogen-bond acceptors (Lipinski definition) is 4. The molecule has 2 fully saturated rings. The average molecular weight is 312 g/mol. The molecule has 1 N–H and O–H groups in total. The van der Waals surface area contributed by atoms with Crippen molar-refractivity contribution in [3.8, 4) is 0 Å². The van der Waals surface area contributed by atoms with Crippen molar-refractivity contribution < 1.29 is 14.3 Å². The lowest BCUT2D eigenvalue weighted by Crippen LogP contribution is -2.51. The van der Waals surface area contributed by atoms with Crippen LogP contribution in [0.5, 0.6) is 0 Å². The highest BCUT2D eigenvalue weighted by atomic mass is 16.6. The van der Waals surface area contributed by atoms with Crippen LogP contribution in [0.2, 0.25) is 0 Å². The second kappa shape index (κ2) is 7.18. The molecule has 2 aliphatic heterocycles.